The van der Waals surface area contributed by atoms with E-state index in [1.807, 2.05) is 7.05 Å². The van der Waals surface area contributed by atoms with Crippen LogP contribution in [0.15, 0.2) is 6.33 Å². The van der Waals surface area contributed by atoms with E-state index < -0.39 is 0 Å². The number of hydrogen-bond acceptors (Lipinski definition) is 5. The number of imidazole rings is 1. The lowest BCUT2D eigenvalue weighted by atomic mass is 10.2. The number of hydrogen-bond donors (Lipinski definition) is 2. The second-order valence-corrected chi connectivity index (χ2v) is 5.17. The van der Waals surface area contributed by atoms with Gasteiger partial charge in [0, 0.05) is 20.1 Å². The smallest absolute Gasteiger partial charge is 0.226 e. The standard InChI is InChI=1S/C13H22N6/c1-5-6-14-13-17-11-10(15-8-16-11)12(18-13)19(4)7-9(2)3/h8-9H,5-7H2,1-4H3,(H2,14,15,16,17,18). The number of rotatable bonds is 6. The Morgan fingerprint density at radius 3 is 2.84 bits per heavy atom. The van der Waals surface area contributed by atoms with Gasteiger partial charge in [0.15, 0.2) is 11.5 Å². The van der Waals surface area contributed by atoms with Crippen LogP contribution >= 0.6 is 0 Å². The third-order valence-electron chi connectivity index (χ3n) is 2.80. The monoisotopic (exact) mass is 262 g/mol. The molecule has 2 N–H and O–H groups in total. The molecule has 0 aromatic carbocycles. The van der Waals surface area contributed by atoms with Gasteiger partial charge in [-0.1, -0.05) is 20.8 Å². The summed E-state index contributed by atoms with van der Waals surface area (Å²) in [6.07, 6.45) is 2.70. The Morgan fingerprint density at radius 1 is 1.37 bits per heavy atom. The summed E-state index contributed by atoms with van der Waals surface area (Å²) in [7, 11) is 2.05. The van der Waals surface area contributed by atoms with Crippen molar-refractivity contribution in [2.45, 2.75) is 27.2 Å². The fraction of sp³-hybridized carbons (Fsp3) is 0.615. The van der Waals surface area contributed by atoms with Gasteiger partial charge in [-0.3, -0.25) is 0 Å². The van der Waals surface area contributed by atoms with E-state index in [1.54, 1.807) is 6.33 Å². The Kier molecular flexibility index (Phi) is 4.19. The van der Waals surface area contributed by atoms with Gasteiger partial charge in [0.05, 0.1) is 6.33 Å². The molecular weight excluding hydrogens is 240 g/mol. The molecular formula is C13H22N6. The molecule has 0 fully saturated rings. The molecule has 0 saturated heterocycles. The van der Waals surface area contributed by atoms with Gasteiger partial charge in [-0.2, -0.15) is 9.97 Å². The molecule has 2 heterocycles. The summed E-state index contributed by atoms with van der Waals surface area (Å²) < 4.78 is 0. The highest BCUT2D eigenvalue weighted by atomic mass is 15.2. The van der Waals surface area contributed by atoms with Gasteiger partial charge in [0.25, 0.3) is 0 Å². The molecule has 0 aliphatic carbocycles. The minimum absolute atomic E-state index is 0.574. The van der Waals surface area contributed by atoms with E-state index >= 15 is 0 Å². The summed E-state index contributed by atoms with van der Waals surface area (Å²) in [5.41, 5.74) is 1.60. The Hall–Kier alpha value is -1.85. The van der Waals surface area contributed by atoms with E-state index in [0.29, 0.717) is 17.5 Å². The molecule has 2 aromatic heterocycles. The number of aromatic nitrogens is 4. The molecule has 0 amide bonds. The molecule has 0 aliphatic heterocycles. The predicted molar refractivity (Wildman–Crippen MR) is 78.6 cm³/mol. The maximum Gasteiger partial charge on any atom is 0.226 e. The maximum atomic E-state index is 4.60. The van der Waals surface area contributed by atoms with Crippen LogP contribution in [0.2, 0.25) is 0 Å². The molecule has 6 heteroatoms. The number of aromatic amines is 1. The molecule has 6 nitrogen and oxygen atoms in total. The summed E-state index contributed by atoms with van der Waals surface area (Å²) in [6, 6.07) is 0. The highest BCUT2D eigenvalue weighted by Gasteiger charge is 2.14. The Balaban J connectivity index is 2.36. The predicted octanol–water partition coefficient (Wildman–Crippen LogP) is 2.27. The molecule has 2 aromatic rings. The molecule has 0 aliphatic rings. The number of nitrogens with zero attached hydrogens (tertiary/aromatic N) is 4. The normalized spacial score (nSPS) is 11.2. The van der Waals surface area contributed by atoms with E-state index in [1.165, 1.54) is 0 Å². The Bertz CT molecular complexity index is 533. The van der Waals surface area contributed by atoms with Crippen molar-refractivity contribution in [1.29, 1.82) is 0 Å². The van der Waals surface area contributed by atoms with Crippen molar-refractivity contribution >= 4 is 22.9 Å². The third-order valence-corrected chi connectivity index (χ3v) is 2.80. The topological polar surface area (TPSA) is 69.7 Å². The first-order valence-electron chi connectivity index (χ1n) is 6.78. The van der Waals surface area contributed by atoms with Crippen molar-refractivity contribution in [2.75, 3.05) is 30.4 Å². The molecule has 0 unspecified atom stereocenters. The van der Waals surface area contributed by atoms with Crippen molar-refractivity contribution in [3.8, 4) is 0 Å². The summed E-state index contributed by atoms with van der Waals surface area (Å²) in [5.74, 6) is 2.12. The van der Waals surface area contributed by atoms with Crippen LogP contribution in [0.25, 0.3) is 11.2 Å². The number of fused-ring (bicyclic) bond motifs is 1. The van der Waals surface area contributed by atoms with Gasteiger partial charge in [-0.15, -0.1) is 0 Å². The van der Waals surface area contributed by atoms with Gasteiger partial charge < -0.3 is 15.2 Å². The molecule has 19 heavy (non-hydrogen) atoms. The van der Waals surface area contributed by atoms with Crippen LogP contribution in [-0.2, 0) is 0 Å². The summed E-state index contributed by atoms with van der Waals surface area (Å²) in [5, 5.41) is 3.22. The van der Waals surface area contributed by atoms with E-state index in [4.69, 9.17) is 0 Å². The van der Waals surface area contributed by atoms with Crippen molar-refractivity contribution in [2.24, 2.45) is 5.92 Å². The zero-order valence-corrected chi connectivity index (χ0v) is 12.1. The van der Waals surface area contributed by atoms with Crippen LogP contribution in [-0.4, -0.2) is 40.1 Å². The van der Waals surface area contributed by atoms with Gasteiger partial charge in [0.2, 0.25) is 5.95 Å². The molecule has 0 radical (unpaired) electrons. The lowest BCUT2D eigenvalue weighted by molar-refractivity contribution is 0.635. The Morgan fingerprint density at radius 2 is 2.16 bits per heavy atom. The van der Waals surface area contributed by atoms with Gasteiger partial charge in [-0.05, 0) is 12.3 Å². The quantitative estimate of drug-likeness (QED) is 0.835. The van der Waals surface area contributed by atoms with Gasteiger partial charge in [-0.25, -0.2) is 4.98 Å². The zero-order valence-electron chi connectivity index (χ0n) is 12.1. The van der Waals surface area contributed by atoms with Crippen LogP contribution in [0.4, 0.5) is 11.8 Å². The number of nitrogens with one attached hydrogen (secondary N) is 2. The summed E-state index contributed by atoms with van der Waals surface area (Å²) in [4.78, 5) is 18.5. The molecule has 0 atom stereocenters. The van der Waals surface area contributed by atoms with Crippen LogP contribution in [0, 0.1) is 5.92 Å². The second kappa shape index (κ2) is 5.86. The summed E-state index contributed by atoms with van der Waals surface area (Å²) in [6.45, 7) is 8.31. The molecule has 0 bridgehead atoms. The minimum atomic E-state index is 0.574. The van der Waals surface area contributed by atoms with Crippen molar-refractivity contribution in [3.63, 3.8) is 0 Å². The van der Waals surface area contributed by atoms with Crippen LogP contribution in [0.5, 0.6) is 0 Å². The molecule has 104 valence electrons. The van der Waals surface area contributed by atoms with Crippen molar-refractivity contribution < 1.29 is 0 Å². The van der Waals surface area contributed by atoms with Gasteiger partial charge >= 0.3 is 0 Å². The fourth-order valence-electron chi connectivity index (χ4n) is 2.04. The number of H-pyrrole nitrogens is 1. The first-order valence-corrected chi connectivity index (χ1v) is 6.78. The zero-order chi connectivity index (χ0) is 13.8. The van der Waals surface area contributed by atoms with Crippen LogP contribution in [0.1, 0.15) is 27.2 Å². The maximum absolute atomic E-state index is 4.60. The van der Waals surface area contributed by atoms with E-state index in [0.717, 1.165) is 30.8 Å². The fourth-order valence-corrected chi connectivity index (χ4v) is 2.04. The van der Waals surface area contributed by atoms with Crippen molar-refractivity contribution in [3.05, 3.63) is 6.33 Å². The first kappa shape index (κ1) is 13.6. The first-order chi connectivity index (χ1) is 9.11. The summed E-state index contributed by atoms with van der Waals surface area (Å²) >= 11 is 0. The lowest BCUT2D eigenvalue weighted by Gasteiger charge is -2.21. The lowest BCUT2D eigenvalue weighted by Crippen LogP contribution is -2.24. The van der Waals surface area contributed by atoms with E-state index in [9.17, 15) is 0 Å². The van der Waals surface area contributed by atoms with Crippen molar-refractivity contribution in [1.82, 2.24) is 19.9 Å². The van der Waals surface area contributed by atoms with E-state index in [-0.39, 0.29) is 0 Å². The largest absolute Gasteiger partial charge is 0.357 e. The third kappa shape index (κ3) is 3.13. The SMILES string of the molecule is CCCNc1nc(N(C)CC(C)C)c2[nH]cnc2n1. The second-order valence-electron chi connectivity index (χ2n) is 5.17. The van der Waals surface area contributed by atoms with Gasteiger partial charge in [0.1, 0.15) is 5.52 Å². The van der Waals surface area contributed by atoms with E-state index in [2.05, 4.69) is 50.9 Å². The molecule has 0 saturated carbocycles. The Labute approximate surface area is 113 Å². The molecule has 2 rings (SSSR count). The van der Waals surface area contributed by atoms with Crippen LogP contribution < -0.4 is 10.2 Å². The molecule has 0 spiro atoms. The average Bonchev–Trinajstić information content (AvgIpc) is 2.82. The average molecular weight is 262 g/mol. The highest BCUT2D eigenvalue weighted by Crippen LogP contribution is 2.22. The number of anilines is 2. The highest BCUT2D eigenvalue weighted by molar-refractivity contribution is 5.84. The van der Waals surface area contributed by atoms with Crippen LogP contribution in [0.3, 0.4) is 0 Å². The minimum Gasteiger partial charge on any atom is -0.357 e.